The van der Waals surface area contributed by atoms with Crippen molar-refractivity contribution in [2.24, 2.45) is 0 Å². The maximum atomic E-state index is 9.04. The SMILES string of the molecule is ON1NNc2ccccc21. The monoisotopic (exact) mass is 137 g/mol. The summed E-state index contributed by atoms with van der Waals surface area (Å²) in [6.07, 6.45) is 0. The van der Waals surface area contributed by atoms with Crippen LogP contribution in [0.5, 0.6) is 0 Å². The summed E-state index contributed by atoms with van der Waals surface area (Å²) in [6.45, 7) is 0. The second-order valence-electron chi connectivity index (χ2n) is 2.07. The van der Waals surface area contributed by atoms with Crippen molar-refractivity contribution in [3.05, 3.63) is 24.3 Å². The molecule has 3 N–H and O–H groups in total. The van der Waals surface area contributed by atoms with Crippen molar-refractivity contribution in [1.82, 2.24) is 5.53 Å². The van der Waals surface area contributed by atoms with Crippen LogP contribution in [-0.2, 0) is 0 Å². The lowest BCUT2D eigenvalue weighted by atomic mass is 10.3. The minimum Gasteiger partial charge on any atom is -0.300 e. The molecule has 52 valence electrons. The standard InChI is InChI=1S/C6H7N3O/c10-9-6-4-2-1-3-5(6)7-8-9/h1-4,7-8,10H. The highest BCUT2D eigenvalue weighted by atomic mass is 16.6. The topological polar surface area (TPSA) is 47.5 Å². The third kappa shape index (κ3) is 0.632. The normalized spacial score (nSPS) is 14.7. The Morgan fingerprint density at radius 3 is 2.90 bits per heavy atom. The van der Waals surface area contributed by atoms with Crippen LogP contribution in [0.15, 0.2) is 24.3 Å². The summed E-state index contributed by atoms with van der Waals surface area (Å²) in [5.74, 6) is 0. The number of benzene rings is 1. The third-order valence-electron chi connectivity index (χ3n) is 1.43. The fraction of sp³-hybridized carbons (Fsp3) is 0. The van der Waals surface area contributed by atoms with Crippen LogP contribution in [0.4, 0.5) is 11.4 Å². The van der Waals surface area contributed by atoms with Crippen molar-refractivity contribution < 1.29 is 5.21 Å². The maximum absolute atomic E-state index is 9.04. The quantitative estimate of drug-likeness (QED) is 0.493. The van der Waals surface area contributed by atoms with Crippen LogP contribution < -0.4 is 16.1 Å². The van der Waals surface area contributed by atoms with Crippen LogP contribution in [0.3, 0.4) is 0 Å². The van der Waals surface area contributed by atoms with Crippen molar-refractivity contribution in [1.29, 1.82) is 0 Å². The smallest absolute Gasteiger partial charge is 0.108 e. The van der Waals surface area contributed by atoms with Crippen molar-refractivity contribution in [3.8, 4) is 0 Å². The molecule has 4 heteroatoms. The molecule has 1 aliphatic rings. The van der Waals surface area contributed by atoms with E-state index in [-0.39, 0.29) is 0 Å². The van der Waals surface area contributed by atoms with E-state index in [1.54, 1.807) is 0 Å². The minimum atomic E-state index is 0.738. The molecular formula is C6H7N3O. The molecule has 1 aliphatic heterocycles. The average molecular weight is 137 g/mol. The second-order valence-corrected chi connectivity index (χ2v) is 2.07. The second kappa shape index (κ2) is 1.86. The van der Waals surface area contributed by atoms with E-state index in [2.05, 4.69) is 11.0 Å². The molecule has 4 nitrogen and oxygen atoms in total. The Balaban J connectivity index is 2.51. The van der Waals surface area contributed by atoms with Gasteiger partial charge in [0.1, 0.15) is 5.69 Å². The van der Waals surface area contributed by atoms with Gasteiger partial charge in [0.15, 0.2) is 0 Å². The number of para-hydroxylation sites is 2. The number of hydrogen-bond acceptors (Lipinski definition) is 4. The van der Waals surface area contributed by atoms with Gasteiger partial charge in [-0.2, -0.15) is 5.17 Å². The van der Waals surface area contributed by atoms with Crippen LogP contribution in [0.25, 0.3) is 0 Å². The zero-order valence-corrected chi connectivity index (χ0v) is 5.20. The van der Waals surface area contributed by atoms with Gasteiger partial charge >= 0.3 is 0 Å². The molecule has 0 amide bonds. The van der Waals surface area contributed by atoms with E-state index in [0.29, 0.717) is 0 Å². The molecule has 0 saturated carbocycles. The maximum Gasteiger partial charge on any atom is 0.108 e. The number of anilines is 2. The molecule has 0 bridgehead atoms. The van der Waals surface area contributed by atoms with Crippen molar-refractivity contribution >= 4 is 11.4 Å². The lowest BCUT2D eigenvalue weighted by molar-refractivity contribution is 0.230. The number of hydrazine groups is 2. The van der Waals surface area contributed by atoms with Gasteiger partial charge in [-0.05, 0) is 12.1 Å². The molecule has 2 rings (SSSR count). The van der Waals surface area contributed by atoms with Gasteiger partial charge in [0.2, 0.25) is 0 Å². The highest BCUT2D eigenvalue weighted by molar-refractivity contribution is 5.71. The first-order chi connectivity index (χ1) is 4.88. The predicted molar refractivity (Wildman–Crippen MR) is 37.5 cm³/mol. The van der Waals surface area contributed by atoms with Gasteiger partial charge in [-0.25, -0.2) is 0 Å². The van der Waals surface area contributed by atoms with E-state index in [4.69, 9.17) is 5.21 Å². The number of fused-ring (bicyclic) bond motifs is 1. The van der Waals surface area contributed by atoms with E-state index >= 15 is 0 Å². The number of nitrogens with one attached hydrogen (secondary N) is 2. The fourth-order valence-electron chi connectivity index (χ4n) is 0.937. The predicted octanol–water partition coefficient (Wildman–Crippen LogP) is 0.727. The summed E-state index contributed by atoms with van der Waals surface area (Å²) in [5, 5.41) is 9.98. The Labute approximate surface area is 58.0 Å². The molecule has 1 aromatic carbocycles. The zero-order valence-electron chi connectivity index (χ0n) is 5.20. The third-order valence-corrected chi connectivity index (χ3v) is 1.43. The average Bonchev–Trinajstić information content (AvgIpc) is 2.34. The van der Waals surface area contributed by atoms with Crippen LogP contribution in [0, 0.1) is 0 Å². The molecule has 0 unspecified atom stereocenters. The van der Waals surface area contributed by atoms with E-state index in [9.17, 15) is 0 Å². The Morgan fingerprint density at radius 2 is 2.10 bits per heavy atom. The number of hydrogen-bond donors (Lipinski definition) is 3. The van der Waals surface area contributed by atoms with E-state index in [1.807, 2.05) is 24.3 Å². The summed E-state index contributed by atoms with van der Waals surface area (Å²) in [5.41, 5.74) is 6.92. The van der Waals surface area contributed by atoms with Gasteiger partial charge in [-0.15, -0.1) is 5.53 Å². The van der Waals surface area contributed by atoms with Crippen LogP contribution in [0.2, 0.25) is 0 Å². The first-order valence-electron chi connectivity index (χ1n) is 2.97. The lowest BCUT2D eigenvalue weighted by Gasteiger charge is -2.05. The number of nitrogens with zero attached hydrogens (tertiary/aromatic N) is 1. The number of rotatable bonds is 0. The van der Waals surface area contributed by atoms with Crippen molar-refractivity contribution in [2.75, 3.05) is 10.6 Å². The lowest BCUT2D eigenvalue weighted by Crippen LogP contribution is -2.32. The molecular weight excluding hydrogens is 130 g/mol. The molecule has 1 heterocycles. The van der Waals surface area contributed by atoms with Crippen molar-refractivity contribution in [2.45, 2.75) is 0 Å². The Kier molecular flexibility index (Phi) is 1.03. The first-order valence-corrected chi connectivity index (χ1v) is 2.97. The summed E-state index contributed by atoms with van der Waals surface area (Å²) >= 11 is 0. The van der Waals surface area contributed by atoms with E-state index in [0.717, 1.165) is 16.5 Å². The zero-order chi connectivity index (χ0) is 6.97. The minimum absolute atomic E-state index is 0.738. The molecule has 0 fully saturated rings. The van der Waals surface area contributed by atoms with Gasteiger partial charge in [0.25, 0.3) is 0 Å². The van der Waals surface area contributed by atoms with Gasteiger partial charge in [-0.3, -0.25) is 10.6 Å². The Morgan fingerprint density at radius 1 is 1.30 bits per heavy atom. The van der Waals surface area contributed by atoms with Crippen LogP contribution in [-0.4, -0.2) is 5.21 Å². The molecule has 0 aliphatic carbocycles. The largest absolute Gasteiger partial charge is 0.300 e. The Bertz CT molecular complexity index is 251. The van der Waals surface area contributed by atoms with E-state index in [1.165, 1.54) is 0 Å². The van der Waals surface area contributed by atoms with Crippen LogP contribution in [0.1, 0.15) is 0 Å². The van der Waals surface area contributed by atoms with Gasteiger partial charge < -0.3 is 0 Å². The highest BCUT2D eigenvalue weighted by Gasteiger charge is 2.13. The van der Waals surface area contributed by atoms with Gasteiger partial charge in [0.05, 0.1) is 5.69 Å². The van der Waals surface area contributed by atoms with Crippen LogP contribution >= 0.6 is 0 Å². The summed E-state index contributed by atoms with van der Waals surface area (Å²) in [7, 11) is 0. The van der Waals surface area contributed by atoms with Gasteiger partial charge in [-0.1, -0.05) is 12.1 Å². The molecule has 0 aromatic heterocycles. The fourth-order valence-corrected chi connectivity index (χ4v) is 0.937. The molecule has 0 saturated heterocycles. The molecule has 10 heavy (non-hydrogen) atoms. The molecule has 1 aromatic rings. The summed E-state index contributed by atoms with van der Waals surface area (Å²) < 4.78 is 0. The molecule has 0 radical (unpaired) electrons. The molecule has 0 atom stereocenters. The van der Waals surface area contributed by atoms with E-state index < -0.39 is 0 Å². The highest BCUT2D eigenvalue weighted by Crippen LogP contribution is 2.25. The Hall–Kier alpha value is -1.26. The first kappa shape index (κ1) is 5.52. The summed E-state index contributed by atoms with van der Waals surface area (Å²) in [6, 6.07) is 7.43. The van der Waals surface area contributed by atoms with Crippen molar-refractivity contribution in [3.63, 3.8) is 0 Å². The summed E-state index contributed by atoms with van der Waals surface area (Å²) in [4.78, 5) is 0. The van der Waals surface area contributed by atoms with Gasteiger partial charge in [0, 0.05) is 0 Å². The molecule has 0 spiro atoms.